The van der Waals surface area contributed by atoms with Crippen molar-refractivity contribution in [1.82, 2.24) is 4.90 Å². The number of hydrogen-bond donors (Lipinski definition) is 2. The molecule has 0 saturated carbocycles. The van der Waals surface area contributed by atoms with E-state index in [2.05, 4.69) is 17.1 Å². The Morgan fingerprint density at radius 1 is 1.57 bits per heavy atom. The quantitative estimate of drug-likeness (QED) is 0.894. The molecule has 0 aromatic heterocycles. The Balaban J connectivity index is 1.98. The van der Waals surface area contributed by atoms with Gasteiger partial charge in [-0.15, -0.1) is 0 Å². The molecule has 1 heterocycles. The van der Waals surface area contributed by atoms with Gasteiger partial charge in [-0.05, 0) is 56.5 Å². The topological polar surface area (TPSA) is 58.4 Å². The van der Waals surface area contributed by atoms with Gasteiger partial charge in [-0.25, -0.2) is 4.39 Å². The van der Waals surface area contributed by atoms with Crippen LogP contribution in [0.15, 0.2) is 18.2 Å². The summed E-state index contributed by atoms with van der Waals surface area (Å²) in [4.78, 5) is 14.4. The van der Waals surface area contributed by atoms with E-state index in [1.807, 2.05) is 6.92 Å². The van der Waals surface area contributed by atoms with Gasteiger partial charge in [-0.2, -0.15) is 0 Å². The number of carbonyl (C=O) groups is 1. The first-order chi connectivity index (χ1) is 9.84. The van der Waals surface area contributed by atoms with E-state index >= 15 is 0 Å². The minimum Gasteiger partial charge on any atom is -0.330 e. The van der Waals surface area contributed by atoms with E-state index in [1.165, 1.54) is 6.07 Å². The van der Waals surface area contributed by atoms with E-state index in [0.29, 0.717) is 17.8 Å². The Morgan fingerprint density at radius 3 is 2.86 bits per heavy atom. The van der Waals surface area contributed by atoms with Crippen LogP contribution in [-0.2, 0) is 4.79 Å². The highest BCUT2D eigenvalue weighted by Crippen LogP contribution is 2.30. The first-order valence-electron chi connectivity index (χ1n) is 7.36. The van der Waals surface area contributed by atoms with Crippen molar-refractivity contribution in [3.8, 4) is 0 Å². The third-order valence-electron chi connectivity index (χ3n) is 4.45. The lowest BCUT2D eigenvalue weighted by Gasteiger charge is -2.26. The molecule has 0 radical (unpaired) electrons. The van der Waals surface area contributed by atoms with Gasteiger partial charge >= 0.3 is 0 Å². The van der Waals surface area contributed by atoms with Gasteiger partial charge < -0.3 is 11.1 Å². The predicted molar refractivity (Wildman–Crippen MR) is 82.6 cm³/mol. The number of nitrogens with one attached hydrogen (secondary N) is 1. The molecule has 3 N–H and O–H groups in total. The minimum absolute atomic E-state index is 0.0878. The highest BCUT2D eigenvalue weighted by Gasteiger charge is 2.36. The lowest BCUT2D eigenvalue weighted by atomic mass is 9.90. The molecule has 1 aromatic carbocycles. The average Bonchev–Trinajstić information content (AvgIpc) is 2.85. The number of likely N-dealkylation sites (tertiary alicyclic amines) is 1. The van der Waals surface area contributed by atoms with Gasteiger partial charge in [0.15, 0.2) is 0 Å². The second-order valence-electron chi connectivity index (χ2n) is 6.36. The number of hydrogen-bond acceptors (Lipinski definition) is 3. The van der Waals surface area contributed by atoms with Crippen LogP contribution in [0.1, 0.15) is 25.8 Å². The van der Waals surface area contributed by atoms with Crippen molar-refractivity contribution < 1.29 is 9.18 Å². The molecule has 116 valence electrons. The van der Waals surface area contributed by atoms with Crippen LogP contribution in [0.4, 0.5) is 10.1 Å². The molecule has 2 atom stereocenters. The molecular weight excluding hydrogens is 269 g/mol. The summed E-state index contributed by atoms with van der Waals surface area (Å²) in [5.74, 6) is -0.420. The minimum atomic E-state index is -0.308. The van der Waals surface area contributed by atoms with Crippen LogP contribution in [-0.4, -0.2) is 36.5 Å². The van der Waals surface area contributed by atoms with Crippen LogP contribution in [0, 0.1) is 18.2 Å². The van der Waals surface area contributed by atoms with Crippen molar-refractivity contribution in [2.45, 2.75) is 33.2 Å². The van der Waals surface area contributed by atoms with Gasteiger partial charge in [0.25, 0.3) is 0 Å². The third-order valence-corrected chi connectivity index (χ3v) is 4.45. The average molecular weight is 293 g/mol. The lowest BCUT2D eigenvalue weighted by molar-refractivity contribution is -0.120. The SMILES string of the molecule is Cc1ccc(NC(=O)C(C)N2CCC(C)(CN)C2)cc1F. The maximum absolute atomic E-state index is 13.5. The molecule has 1 aliphatic rings. The molecular formula is C16H24FN3O. The van der Waals surface area contributed by atoms with Crippen molar-refractivity contribution in [1.29, 1.82) is 0 Å². The second kappa shape index (κ2) is 6.12. The van der Waals surface area contributed by atoms with Crippen LogP contribution in [0.25, 0.3) is 0 Å². The Morgan fingerprint density at radius 2 is 2.29 bits per heavy atom. The lowest BCUT2D eigenvalue weighted by Crippen LogP contribution is -2.42. The summed E-state index contributed by atoms with van der Waals surface area (Å²) in [6, 6.07) is 4.49. The van der Waals surface area contributed by atoms with E-state index in [4.69, 9.17) is 5.73 Å². The van der Waals surface area contributed by atoms with Crippen molar-refractivity contribution in [2.75, 3.05) is 25.0 Å². The summed E-state index contributed by atoms with van der Waals surface area (Å²) in [5.41, 5.74) is 6.94. The Labute approximate surface area is 125 Å². The summed E-state index contributed by atoms with van der Waals surface area (Å²) in [6.45, 7) is 8.03. The highest BCUT2D eigenvalue weighted by atomic mass is 19.1. The molecule has 1 fully saturated rings. The molecule has 2 unspecified atom stereocenters. The number of nitrogens with two attached hydrogens (primary N) is 1. The monoisotopic (exact) mass is 293 g/mol. The number of anilines is 1. The fraction of sp³-hybridized carbons (Fsp3) is 0.562. The summed E-state index contributed by atoms with van der Waals surface area (Å²) in [7, 11) is 0. The van der Waals surface area contributed by atoms with Crippen LogP contribution < -0.4 is 11.1 Å². The number of benzene rings is 1. The van der Waals surface area contributed by atoms with Gasteiger partial charge in [0.2, 0.25) is 5.91 Å². The first kappa shape index (κ1) is 15.9. The number of amides is 1. The van der Waals surface area contributed by atoms with Crippen molar-refractivity contribution in [2.24, 2.45) is 11.1 Å². The number of aryl methyl sites for hydroxylation is 1. The zero-order valence-corrected chi connectivity index (χ0v) is 12.9. The van der Waals surface area contributed by atoms with E-state index in [9.17, 15) is 9.18 Å². The van der Waals surface area contributed by atoms with Gasteiger partial charge in [0.05, 0.1) is 6.04 Å². The molecule has 1 aliphatic heterocycles. The molecule has 1 saturated heterocycles. The highest BCUT2D eigenvalue weighted by molar-refractivity contribution is 5.94. The van der Waals surface area contributed by atoms with Gasteiger partial charge in [-0.3, -0.25) is 9.69 Å². The Kier molecular flexibility index (Phi) is 4.64. The summed E-state index contributed by atoms with van der Waals surface area (Å²) in [6.07, 6.45) is 1.00. The molecule has 0 bridgehead atoms. The molecule has 1 amide bonds. The number of nitrogens with zero attached hydrogens (tertiary/aromatic N) is 1. The number of carbonyl (C=O) groups excluding carboxylic acids is 1. The smallest absolute Gasteiger partial charge is 0.241 e. The van der Waals surface area contributed by atoms with E-state index in [-0.39, 0.29) is 23.2 Å². The zero-order chi connectivity index (χ0) is 15.6. The van der Waals surface area contributed by atoms with Crippen molar-refractivity contribution >= 4 is 11.6 Å². The maximum atomic E-state index is 13.5. The molecule has 21 heavy (non-hydrogen) atoms. The largest absolute Gasteiger partial charge is 0.330 e. The molecule has 4 nitrogen and oxygen atoms in total. The normalized spacial score (nSPS) is 24.0. The fourth-order valence-electron chi connectivity index (χ4n) is 2.64. The summed E-state index contributed by atoms with van der Waals surface area (Å²) in [5, 5.41) is 2.78. The van der Waals surface area contributed by atoms with E-state index in [1.54, 1.807) is 19.1 Å². The molecule has 5 heteroatoms. The first-order valence-corrected chi connectivity index (χ1v) is 7.36. The predicted octanol–water partition coefficient (Wildman–Crippen LogP) is 2.13. The summed E-state index contributed by atoms with van der Waals surface area (Å²) < 4.78 is 13.5. The van der Waals surface area contributed by atoms with E-state index < -0.39 is 0 Å². The van der Waals surface area contributed by atoms with Crippen molar-refractivity contribution in [3.05, 3.63) is 29.6 Å². The second-order valence-corrected chi connectivity index (χ2v) is 6.36. The van der Waals surface area contributed by atoms with Gasteiger partial charge in [-0.1, -0.05) is 13.0 Å². The Hall–Kier alpha value is -1.46. The standard InChI is InChI=1S/C16H24FN3O/c1-11-4-5-13(8-14(11)17)19-15(21)12(2)20-7-6-16(3,9-18)10-20/h4-5,8,12H,6-7,9-10,18H2,1-3H3,(H,19,21). The van der Waals surface area contributed by atoms with Crippen LogP contribution >= 0.6 is 0 Å². The van der Waals surface area contributed by atoms with Gasteiger partial charge in [0, 0.05) is 12.2 Å². The number of rotatable bonds is 4. The van der Waals surface area contributed by atoms with E-state index in [0.717, 1.165) is 19.5 Å². The molecule has 0 aliphatic carbocycles. The van der Waals surface area contributed by atoms with Gasteiger partial charge in [0.1, 0.15) is 5.82 Å². The zero-order valence-electron chi connectivity index (χ0n) is 12.9. The van der Waals surface area contributed by atoms with Crippen LogP contribution in [0.3, 0.4) is 0 Å². The molecule has 1 aromatic rings. The molecule has 2 rings (SSSR count). The van der Waals surface area contributed by atoms with Crippen molar-refractivity contribution in [3.63, 3.8) is 0 Å². The fourth-order valence-corrected chi connectivity index (χ4v) is 2.64. The molecule has 0 spiro atoms. The number of halogens is 1. The summed E-state index contributed by atoms with van der Waals surface area (Å²) >= 11 is 0. The third kappa shape index (κ3) is 3.60. The van der Waals surface area contributed by atoms with Crippen LogP contribution in [0.5, 0.6) is 0 Å². The van der Waals surface area contributed by atoms with Crippen LogP contribution in [0.2, 0.25) is 0 Å². The Bertz CT molecular complexity index is 534. The maximum Gasteiger partial charge on any atom is 0.241 e.